The molecule has 2 atom stereocenters. The highest BCUT2D eigenvalue weighted by Crippen LogP contribution is 2.43. The maximum atomic E-state index is 10.6. The van der Waals surface area contributed by atoms with Crippen LogP contribution in [0.15, 0.2) is 0 Å². The lowest BCUT2D eigenvalue weighted by atomic mass is 9.98. The Morgan fingerprint density at radius 3 is 2.83 bits per heavy atom. The zero-order valence-corrected chi connectivity index (χ0v) is 11.6. The number of aliphatic carboxylic acids is 1. The summed E-state index contributed by atoms with van der Waals surface area (Å²) in [6.07, 6.45) is 8.38. The fraction of sp³-hybridized carbons (Fsp3) is 0.923. The van der Waals surface area contributed by atoms with E-state index in [2.05, 4.69) is 0 Å². The van der Waals surface area contributed by atoms with Crippen LogP contribution in [0.3, 0.4) is 0 Å². The Bertz CT molecular complexity index is 292. The fourth-order valence-corrected chi connectivity index (χ4v) is 4.03. The molecule has 104 valence electrons. The molecule has 0 aromatic heterocycles. The average Bonchev–Trinajstić information content (AvgIpc) is 2.95. The van der Waals surface area contributed by atoms with Crippen LogP contribution in [0.5, 0.6) is 0 Å². The SMILES string of the molecule is NC(CCSCC1CCC2(CCCC2)O1)C(=O)O. The largest absolute Gasteiger partial charge is 0.480 e. The first-order chi connectivity index (χ1) is 8.61. The molecule has 4 nitrogen and oxygen atoms in total. The molecule has 5 heteroatoms. The number of hydrogen-bond acceptors (Lipinski definition) is 4. The Kier molecular flexibility index (Phi) is 4.92. The standard InChI is InChI=1S/C13H23NO3S/c14-11(12(15)16)4-8-18-9-10-3-7-13(17-10)5-1-2-6-13/h10-11H,1-9,14H2,(H,15,16). The van der Waals surface area contributed by atoms with E-state index in [-0.39, 0.29) is 5.60 Å². The molecule has 1 heterocycles. The van der Waals surface area contributed by atoms with Gasteiger partial charge in [-0.1, -0.05) is 12.8 Å². The van der Waals surface area contributed by atoms with Gasteiger partial charge in [-0.2, -0.15) is 11.8 Å². The van der Waals surface area contributed by atoms with Crippen LogP contribution in [0.2, 0.25) is 0 Å². The quantitative estimate of drug-likeness (QED) is 0.724. The van der Waals surface area contributed by atoms with Gasteiger partial charge in [-0.3, -0.25) is 4.79 Å². The molecule has 2 fully saturated rings. The third-order valence-corrected chi connectivity index (χ3v) is 5.18. The highest BCUT2D eigenvalue weighted by molar-refractivity contribution is 7.99. The van der Waals surface area contributed by atoms with Crippen LogP contribution in [0.25, 0.3) is 0 Å². The van der Waals surface area contributed by atoms with Crippen molar-refractivity contribution in [1.82, 2.24) is 0 Å². The number of hydrogen-bond donors (Lipinski definition) is 2. The number of carboxylic acid groups (broad SMARTS) is 1. The average molecular weight is 273 g/mol. The second-order valence-corrected chi connectivity index (χ2v) is 6.63. The van der Waals surface area contributed by atoms with E-state index in [1.165, 1.54) is 32.1 Å². The summed E-state index contributed by atoms with van der Waals surface area (Å²) in [6, 6.07) is -0.719. The summed E-state index contributed by atoms with van der Waals surface area (Å²) in [7, 11) is 0. The van der Waals surface area contributed by atoms with Gasteiger partial charge in [-0.05, 0) is 37.9 Å². The van der Waals surface area contributed by atoms with E-state index in [9.17, 15) is 4.79 Å². The smallest absolute Gasteiger partial charge is 0.320 e. The zero-order chi connectivity index (χ0) is 13.0. The molecule has 2 rings (SSSR count). The van der Waals surface area contributed by atoms with E-state index in [4.69, 9.17) is 15.6 Å². The topological polar surface area (TPSA) is 72.5 Å². The summed E-state index contributed by atoms with van der Waals surface area (Å²) in [5.74, 6) is 0.881. The van der Waals surface area contributed by atoms with E-state index in [1.54, 1.807) is 11.8 Å². The van der Waals surface area contributed by atoms with E-state index in [0.717, 1.165) is 17.9 Å². The maximum Gasteiger partial charge on any atom is 0.320 e. The summed E-state index contributed by atoms with van der Waals surface area (Å²) in [4.78, 5) is 10.6. The first-order valence-corrected chi connectivity index (χ1v) is 8.01. The van der Waals surface area contributed by atoms with Crippen molar-refractivity contribution in [3.8, 4) is 0 Å². The molecule has 0 bridgehead atoms. The minimum Gasteiger partial charge on any atom is -0.480 e. The molecule has 1 aliphatic carbocycles. The Labute approximate surface area is 113 Å². The van der Waals surface area contributed by atoms with Crippen LogP contribution in [0.4, 0.5) is 0 Å². The van der Waals surface area contributed by atoms with Crippen LogP contribution in [-0.2, 0) is 9.53 Å². The number of thioether (sulfide) groups is 1. The zero-order valence-electron chi connectivity index (χ0n) is 10.8. The Morgan fingerprint density at radius 1 is 1.44 bits per heavy atom. The molecule has 2 unspecified atom stereocenters. The minimum atomic E-state index is -0.905. The van der Waals surface area contributed by atoms with E-state index in [1.807, 2.05) is 0 Å². The summed E-state index contributed by atoms with van der Waals surface area (Å²) in [6.45, 7) is 0. The highest BCUT2D eigenvalue weighted by Gasteiger charge is 2.41. The number of carboxylic acids is 1. The molecular weight excluding hydrogens is 250 g/mol. The van der Waals surface area contributed by atoms with Gasteiger partial charge >= 0.3 is 5.97 Å². The highest BCUT2D eigenvalue weighted by atomic mass is 32.2. The summed E-state index contributed by atoms with van der Waals surface area (Å²) in [5, 5.41) is 8.67. The third-order valence-electron chi connectivity index (χ3n) is 4.05. The monoisotopic (exact) mass is 273 g/mol. The van der Waals surface area contributed by atoms with Gasteiger partial charge < -0.3 is 15.6 Å². The van der Waals surface area contributed by atoms with Crippen molar-refractivity contribution in [2.75, 3.05) is 11.5 Å². The fourth-order valence-electron chi connectivity index (χ4n) is 2.95. The normalized spacial score (nSPS) is 27.7. The second-order valence-electron chi connectivity index (χ2n) is 5.48. The van der Waals surface area contributed by atoms with Crippen molar-refractivity contribution in [3.63, 3.8) is 0 Å². The Morgan fingerprint density at radius 2 is 2.17 bits per heavy atom. The molecule has 18 heavy (non-hydrogen) atoms. The van der Waals surface area contributed by atoms with Crippen molar-refractivity contribution in [2.24, 2.45) is 5.73 Å². The van der Waals surface area contributed by atoms with Crippen LogP contribution < -0.4 is 5.73 Å². The molecule has 3 N–H and O–H groups in total. The molecule has 0 radical (unpaired) electrons. The van der Waals surface area contributed by atoms with Crippen LogP contribution in [-0.4, -0.2) is 40.3 Å². The summed E-state index contributed by atoms with van der Waals surface area (Å²) in [5.41, 5.74) is 5.67. The van der Waals surface area contributed by atoms with Crippen molar-refractivity contribution in [1.29, 1.82) is 0 Å². The molecule has 0 aromatic carbocycles. The van der Waals surface area contributed by atoms with Crippen molar-refractivity contribution >= 4 is 17.7 Å². The molecule has 0 amide bonds. The Balaban J connectivity index is 1.59. The minimum absolute atomic E-state index is 0.211. The predicted molar refractivity (Wildman–Crippen MR) is 72.9 cm³/mol. The van der Waals surface area contributed by atoms with Crippen LogP contribution >= 0.6 is 11.8 Å². The van der Waals surface area contributed by atoms with Gasteiger partial charge in [-0.15, -0.1) is 0 Å². The summed E-state index contributed by atoms with van der Waals surface area (Å²) >= 11 is 1.77. The molecule has 0 aromatic rings. The van der Waals surface area contributed by atoms with E-state index >= 15 is 0 Å². The molecule has 1 saturated carbocycles. The molecule has 1 aliphatic heterocycles. The van der Waals surface area contributed by atoms with Gasteiger partial charge in [0.15, 0.2) is 0 Å². The number of nitrogens with two attached hydrogens (primary N) is 1. The maximum absolute atomic E-state index is 10.6. The summed E-state index contributed by atoms with van der Waals surface area (Å²) < 4.78 is 6.20. The molecule has 1 spiro atoms. The van der Waals surface area contributed by atoms with Gasteiger partial charge in [-0.25, -0.2) is 0 Å². The molecule has 2 aliphatic rings. The second kappa shape index (κ2) is 6.26. The van der Waals surface area contributed by atoms with E-state index in [0.29, 0.717) is 12.5 Å². The lowest BCUT2D eigenvalue weighted by Gasteiger charge is -2.23. The lowest BCUT2D eigenvalue weighted by Crippen LogP contribution is -2.30. The molecule has 1 saturated heterocycles. The van der Waals surface area contributed by atoms with Crippen molar-refractivity contribution in [3.05, 3.63) is 0 Å². The van der Waals surface area contributed by atoms with E-state index < -0.39 is 12.0 Å². The first-order valence-electron chi connectivity index (χ1n) is 6.85. The Hall–Kier alpha value is -0.260. The van der Waals surface area contributed by atoms with Gasteiger partial charge in [0, 0.05) is 5.75 Å². The van der Waals surface area contributed by atoms with Gasteiger partial charge in [0.1, 0.15) is 6.04 Å². The van der Waals surface area contributed by atoms with Crippen molar-refractivity contribution in [2.45, 2.75) is 62.7 Å². The van der Waals surface area contributed by atoms with Gasteiger partial charge in [0.05, 0.1) is 11.7 Å². The van der Waals surface area contributed by atoms with Crippen molar-refractivity contribution < 1.29 is 14.6 Å². The number of rotatable bonds is 6. The first kappa shape index (κ1) is 14.2. The molecular formula is C13H23NO3S. The number of carbonyl (C=O) groups is 1. The predicted octanol–water partition coefficient (Wildman–Crippen LogP) is 2.01. The van der Waals surface area contributed by atoms with Crippen LogP contribution in [0, 0.1) is 0 Å². The lowest BCUT2D eigenvalue weighted by molar-refractivity contribution is -0.138. The third kappa shape index (κ3) is 3.62. The van der Waals surface area contributed by atoms with Crippen LogP contribution in [0.1, 0.15) is 44.9 Å². The van der Waals surface area contributed by atoms with Gasteiger partial charge in [0.2, 0.25) is 0 Å². The number of ether oxygens (including phenoxy) is 1. The van der Waals surface area contributed by atoms with Gasteiger partial charge in [0.25, 0.3) is 0 Å².